The van der Waals surface area contributed by atoms with E-state index in [-0.39, 0.29) is 78.4 Å². The van der Waals surface area contributed by atoms with Crippen LogP contribution in [0.2, 0.25) is 0 Å². The van der Waals surface area contributed by atoms with Crippen LogP contribution in [0.4, 0.5) is 0 Å². The predicted octanol–water partition coefficient (Wildman–Crippen LogP) is 22.6. The van der Waals surface area contributed by atoms with Crippen molar-refractivity contribution in [3.05, 3.63) is 315 Å². The van der Waals surface area contributed by atoms with Crippen molar-refractivity contribution < 1.29 is 31.5 Å². The molecule has 0 amide bonds. The van der Waals surface area contributed by atoms with Crippen molar-refractivity contribution in [2.24, 2.45) is 0 Å². The van der Waals surface area contributed by atoms with Gasteiger partial charge in [-0.3, -0.25) is 0 Å². The monoisotopic (exact) mass is 1040 g/mol. The lowest BCUT2D eigenvalue weighted by Crippen LogP contribution is -1.91. The van der Waals surface area contributed by atoms with Crippen LogP contribution in [0.1, 0.15) is 31.5 Å². The number of benzene rings is 16. The van der Waals surface area contributed by atoms with Crippen LogP contribution in [-0.2, 0) is 0 Å². The van der Waals surface area contributed by atoms with Crippen LogP contribution in [0.5, 0.6) is 0 Å². The molecule has 0 fully saturated rings. The maximum absolute atomic E-state index is 9.25. The first-order valence-electron chi connectivity index (χ1n) is 37.3. The average Bonchev–Trinajstić information content (AvgIpc) is 0.704. The van der Waals surface area contributed by atoms with Gasteiger partial charge in [-0.25, -0.2) is 0 Å². The third kappa shape index (κ3) is 8.17. The molecule has 80 heavy (non-hydrogen) atoms. The molecule has 16 aromatic carbocycles. The summed E-state index contributed by atoms with van der Waals surface area (Å²) in [6.07, 6.45) is 0. The predicted molar refractivity (Wildman–Crippen MR) is 346 cm³/mol. The molecule has 0 spiro atoms. The third-order valence-corrected chi connectivity index (χ3v) is 14.9. The Balaban J connectivity index is 0.000000168. The first kappa shape index (κ1) is 28.8. The van der Waals surface area contributed by atoms with Crippen LogP contribution < -0.4 is 0 Å². The summed E-state index contributed by atoms with van der Waals surface area (Å²) in [5, 5.41) is 5.14. The van der Waals surface area contributed by atoms with Crippen molar-refractivity contribution in [2.45, 2.75) is 0 Å². The Bertz CT molecular complexity index is 6270. The van der Waals surface area contributed by atoms with E-state index < -0.39 is 131 Å². The summed E-state index contributed by atoms with van der Waals surface area (Å²) in [6, 6.07) is 43.4. The Morgan fingerprint density at radius 2 is 0.512 bits per heavy atom. The van der Waals surface area contributed by atoms with Gasteiger partial charge in [-0.15, -0.1) is 0 Å². The van der Waals surface area contributed by atoms with Gasteiger partial charge < -0.3 is 0 Å². The molecule has 0 N–H and O–H groups in total. The highest BCUT2D eigenvalue weighted by molar-refractivity contribution is 6.25. The highest BCUT2D eigenvalue weighted by Crippen LogP contribution is 2.47. The molecule has 0 radical (unpaired) electrons. The van der Waals surface area contributed by atoms with Gasteiger partial charge in [-0.2, -0.15) is 0 Å². The van der Waals surface area contributed by atoms with Crippen molar-refractivity contribution in [3.8, 4) is 66.8 Å². The molecule has 0 saturated heterocycles. The number of rotatable bonds is 6. The van der Waals surface area contributed by atoms with Gasteiger partial charge in [0.1, 0.15) is 0 Å². The van der Waals surface area contributed by atoms with Crippen LogP contribution in [-0.4, -0.2) is 0 Å². The smallest absolute Gasteiger partial charge is 0.0616 e. The van der Waals surface area contributed by atoms with Gasteiger partial charge >= 0.3 is 0 Å². The molecule has 0 aliphatic rings. The standard InChI is InChI=1S/2C40H26/c2*1-2-12-31-26-32(25-22-27(31)10-1)28-20-23-30(24-21-28)39-35-15-5-7-17-37(35)40(38-18-8-6-16-36(38)39)34-19-9-13-29-11-3-4-14-33(29)34/h2*1-26H/i3D,4D,5D,6D,7D,8D,9D,11D,13D,14D,15D,16D,17D,18D,19D;5D,6D,7D,8D,15D,16D,17D,18D. The Morgan fingerprint density at radius 3 is 0.988 bits per heavy atom. The van der Waals surface area contributed by atoms with Gasteiger partial charge in [-0.05, 0) is 165 Å². The summed E-state index contributed by atoms with van der Waals surface area (Å²) in [5.74, 6) is 0. The first-order valence-corrected chi connectivity index (χ1v) is 25.8. The average molecular weight is 1040 g/mol. The zero-order valence-electron chi connectivity index (χ0n) is 65.2. The van der Waals surface area contributed by atoms with Crippen LogP contribution in [0, 0.1) is 0 Å². The van der Waals surface area contributed by atoms with Gasteiger partial charge in [0.25, 0.3) is 0 Å². The quantitative estimate of drug-likeness (QED) is 0.146. The molecule has 0 unspecified atom stereocenters. The second kappa shape index (κ2) is 19.9. The van der Waals surface area contributed by atoms with Crippen LogP contribution in [0.3, 0.4) is 0 Å². The topological polar surface area (TPSA) is 0 Å². The summed E-state index contributed by atoms with van der Waals surface area (Å²) >= 11 is 0. The lowest BCUT2D eigenvalue weighted by atomic mass is 9.84. The van der Waals surface area contributed by atoms with E-state index in [1.54, 1.807) is 24.3 Å². The van der Waals surface area contributed by atoms with Crippen molar-refractivity contribution in [3.63, 3.8) is 0 Å². The summed E-state index contributed by atoms with van der Waals surface area (Å²) in [5.41, 5.74) is 5.18. The van der Waals surface area contributed by atoms with E-state index in [0.717, 1.165) is 54.6 Å². The minimum atomic E-state index is -0.746. The van der Waals surface area contributed by atoms with E-state index in [0.29, 0.717) is 27.8 Å². The molecule has 0 nitrogen and oxygen atoms in total. The van der Waals surface area contributed by atoms with E-state index in [9.17, 15) is 11.0 Å². The molecule has 0 aliphatic heterocycles. The second-order valence-electron chi connectivity index (χ2n) is 19.3. The molecule has 0 aromatic heterocycles. The van der Waals surface area contributed by atoms with Crippen molar-refractivity contribution >= 4 is 86.2 Å². The molecule has 0 heteroatoms. The third-order valence-electron chi connectivity index (χ3n) is 14.9. The summed E-state index contributed by atoms with van der Waals surface area (Å²) < 4.78 is 204. The molecule has 0 bridgehead atoms. The van der Waals surface area contributed by atoms with E-state index in [1.807, 2.05) is 127 Å². The fourth-order valence-electron chi connectivity index (χ4n) is 11.2. The Labute approximate surface area is 498 Å². The Kier molecular flexibility index (Phi) is 7.16. The Hall–Kier alpha value is -10.4. The Morgan fingerprint density at radius 1 is 0.175 bits per heavy atom. The fraction of sp³-hybridized carbons (Fsp3) is 0. The maximum atomic E-state index is 9.25. The van der Waals surface area contributed by atoms with Crippen molar-refractivity contribution in [1.29, 1.82) is 0 Å². The van der Waals surface area contributed by atoms with E-state index in [4.69, 9.17) is 20.6 Å². The molecule has 16 rings (SSSR count). The number of fused-ring (bicyclic) bond motifs is 8. The lowest BCUT2D eigenvalue weighted by Gasteiger charge is -2.19. The first-order chi connectivity index (χ1) is 49.2. The SMILES string of the molecule is [2H]c1c([2H])c([2H])c2c(-c3c4c([2H])c([2H])c([2H])c([2H])c4c(-c4ccc(-c5ccc6ccccc6c5)cc4)c4c([2H])c([2H])c([2H])c([2H])c34)c([2H])c([2H])c([2H])c2c1[2H].[2H]c1c([2H])c([2H])c2c(-c3cccc4ccccc34)c3c([2H])c([2H])c([2H])c([2H])c3c(-c3ccc(-c4ccc5ccccc5c4)cc3)c2c1[2H]. The molecular weight excluding hydrogens is 961 g/mol. The highest BCUT2D eigenvalue weighted by atomic mass is 14.2. The molecule has 0 aliphatic carbocycles. The fourth-order valence-corrected chi connectivity index (χ4v) is 11.2. The zero-order valence-corrected chi connectivity index (χ0v) is 42.2. The minimum Gasteiger partial charge on any atom is -0.0616 e. The molecule has 0 atom stereocenters. The molecule has 16 aromatic rings. The summed E-state index contributed by atoms with van der Waals surface area (Å²) in [4.78, 5) is 0. The van der Waals surface area contributed by atoms with E-state index in [1.165, 1.54) is 0 Å². The molecule has 0 saturated carbocycles. The minimum absolute atomic E-state index is 0.0544. The summed E-state index contributed by atoms with van der Waals surface area (Å²) in [7, 11) is 0. The van der Waals surface area contributed by atoms with Gasteiger partial charge in [0.15, 0.2) is 0 Å². The largest absolute Gasteiger partial charge is 0.0629 e. The van der Waals surface area contributed by atoms with Crippen LogP contribution >= 0.6 is 0 Å². The maximum Gasteiger partial charge on any atom is 0.0629 e. The zero-order chi connectivity index (χ0) is 73.0. The van der Waals surface area contributed by atoms with Gasteiger partial charge in [-0.1, -0.05) is 303 Å². The number of hydrogen-bond acceptors (Lipinski definition) is 0. The van der Waals surface area contributed by atoms with E-state index in [2.05, 4.69) is 24.3 Å². The highest BCUT2D eigenvalue weighted by Gasteiger charge is 2.20. The van der Waals surface area contributed by atoms with Gasteiger partial charge in [0, 0.05) is 0 Å². The van der Waals surface area contributed by atoms with Gasteiger partial charge in [0.2, 0.25) is 0 Å². The van der Waals surface area contributed by atoms with E-state index >= 15 is 0 Å². The van der Waals surface area contributed by atoms with Crippen molar-refractivity contribution in [1.82, 2.24) is 0 Å². The number of hydrogen-bond donors (Lipinski definition) is 0. The normalized spacial score (nSPS) is 15.5. The van der Waals surface area contributed by atoms with Gasteiger partial charge in [0.05, 0.1) is 31.5 Å². The molecule has 372 valence electrons. The van der Waals surface area contributed by atoms with Crippen LogP contribution in [0.15, 0.2) is 315 Å². The van der Waals surface area contributed by atoms with Crippen LogP contribution in [0.25, 0.3) is 153 Å². The summed E-state index contributed by atoms with van der Waals surface area (Å²) in [6.45, 7) is 0. The molecule has 0 heterocycles. The molecular formula is C80H52. The second-order valence-corrected chi connectivity index (χ2v) is 19.3. The lowest BCUT2D eigenvalue weighted by molar-refractivity contribution is 1.63. The van der Waals surface area contributed by atoms with Crippen molar-refractivity contribution in [2.75, 3.05) is 0 Å².